The molecule has 1 fully saturated rings. The molecule has 0 aliphatic heterocycles. The van der Waals surface area contributed by atoms with Gasteiger partial charge < -0.3 is 34.7 Å². The van der Waals surface area contributed by atoms with Crippen molar-refractivity contribution < 1.29 is 109 Å². The number of carboxylic acids is 1. The SMILES string of the molecule is CN(CCN(CCC(=O)O)C(=O)OCOP(=O)(O)O)C(=O)N(c1nn(CC(F)(F)F)c2c(-c3ccc(C#CC(C)(C)S(C)(=O)=O)nc3[C@H](Cc3cc(F)cc(F)c3)NC(=O)Cn3nc(C(F)(F)F)c4c3C(F)(F)[C@@H]3C[C@H]43)ccc(Cl)c12)S(C)(=O)=O. The third-order valence-electron chi connectivity index (χ3n) is 13.3. The number of carboxylic acid groups (broad SMARTS) is 1. The Morgan fingerprint density at radius 3 is 2.15 bits per heavy atom. The zero-order valence-corrected chi connectivity index (χ0v) is 47.8. The quantitative estimate of drug-likeness (QED) is 0.0262. The number of carbonyl (C=O) groups is 4. The fraction of sp³-hybridized carbons (Fsp3) is 0.438. The van der Waals surface area contributed by atoms with Gasteiger partial charge in [0.15, 0.2) is 21.3 Å². The molecule has 3 aromatic heterocycles. The highest BCUT2D eigenvalue weighted by Crippen LogP contribution is 2.68. The number of hydrogen-bond donors (Lipinski definition) is 4. The fourth-order valence-corrected chi connectivity index (χ4v) is 10.6. The van der Waals surface area contributed by atoms with Crippen LogP contribution in [0.3, 0.4) is 0 Å². The lowest BCUT2D eigenvalue weighted by atomic mass is 9.93. The molecule has 2 aromatic carbocycles. The number of alkyl halides is 8. The Balaban J connectivity index is 1.41. The van der Waals surface area contributed by atoms with Crippen LogP contribution in [-0.2, 0) is 74.9 Å². The first kappa shape index (κ1) is 65.5. The van der Waals surface area contributed by atoms with Crippen molar-refractivity contribution in [2.45, 2.75) is 81.2 Å². The zero-order valence-electron chi connectivity index (χ0n) is 44.5. The predicted octanol–water partition coefficient (Wildman–Crippen LogP) is 7.09. The molecule has 2 aliphatic carbocycles. The van der Waals surface area contributed by atoms with Crippen LogP contribution >= 0.6 is 19.4 Å². The van der Waals surface area contributed by atoms with Gasteiger partial charge in [0.1, 0.15) is 40.9 Å². The second-order valence-electron chi connectivity index (χ2n) is 20.0. The van der Waals surface area contributed by atoms with Crippen molar-refractivity contribution in [2.75, 3.05) is 50.3 Å². The predicted molar refractivity (Wildman–Crippen MR) is 276 cm³/mol. The fourth-order valence-electron chi connectivity index (χ4n) is 9.07. The number of halogens is 11. The molecule has 23 nitrogen and oxygen atoms in total. The number of benzene rings is 2. The minimum atomic E-state index is -5.28. The van der Waals surface area contributed by atoms with E-state index < -0.39 is 212 Å². The van der Waals surface area contributed by atoms with Gasteiger partial charge in [0, 0.05) is 61.6 Å². The number of sulfone groups is 1. The van der Waals surface area contributed by atoms with Crippen molar-refractivity contribution in [1.29, 1.82) is 0 Å². The number of pyridine rings is 1. The zero-order chi connectivity index (χ0) is 63.5. The number of nitrogens with one attached hydrogen (secondary N) is 1. The molecule has 0 radical (unpaired) electrons. The van der Waals surface area contributed by atoms with Crippen LogP contribution in [0.1, 0.15) is 72.6 Å². The molecule has 3 heterocycles. The molecule has 4 N–H and O–H groups in total. The Morgan fingerprint density at radius 1 is 0.941 bits per heavy atom. The first-order chi connectivity index (χ1) is 39.0. The summed E-state index contributed by atoms with van der Waals surface area (Å²) >= 11 is 6.70. The number of sulfonamides is 1. The van der Waals surface area contributed by atoms with Crippen LogP contribution in [0.5, 0.6) is 0 Å². The maximum atomic E-state index is 15.7. The molecule has 5 aromatic rings. The number of rotatable bonds is 20. The van der Waals surface area contributed by atoms with Crippen LogP contribution in [0.4, 0.5) is 59.3 Å². The van der Waals surface area contributed by atoms with Gasteiger partial charge in [0.25, 0.3) is 5.92 Å². The summed E-state index contributed by atoms with van der Waals surface area (Å²) in [6, 6.07) is 2.60. The molecule has 0 saturated heterocycles. The monoisotopic (exact) mass is 1290 g/mol. The average Bonchev–Trinajstić information content (AvgIpc) is 1.54. The molecule has 37 heteroatoms. The first-order valence-corrected chi connectivity index (χ1v) is 30.0. The van der Waals surface area contributed by atoms with E-state index in [-0.39, 0.29) is 31.3 Å². The second-order valence-corrected chi connectivity index (χ2v) is 26.1. The van der Waals surface area contributed by atoms with Crippen LogP contribution in [0, 0.1) is 29.4 Å². The first-order valence-electron chi connectivity index (χ1n) is 24.4. The molecular formula is C48H47ClF10N9O14PS2. The summed E-state index contributed by atoms with van der Waals surface area (Å²) in [5.74, 6) is -8.07. The van der Waals surface area contributed by atoms with Gasteiger partial charge in [0.05, 0.1) is 40.3 Å². The van der Waals surface area contributed by atoms with Gasteiger partial charge in [-0.3, -0.25) is 19.0 Å². The third kappa shape index (κ3) is 14.9. The summed E-state index contributed by atoms with van der Waals surface area (Å²) in [4.78, 5) is 76.5. The van der Waals surface area contributed by atoms with Crippen LogP contribution < -0.4 is 9.62 Å². The van der Waals surface area contributed by atoms with Crippen LogP contribution in [0.25, 0.3) is 22.0 Å². The largest absolute Gasteiger partial charge is 0.481 e. The molecule has 462 valence electrons. The maximum absolute atomic E-state index is 15.7. The maximum Gasteiger partial charge on any atom is 0.472 e. The molecule has 4 amide bonds. The number of phosphoric ester groups is 1. The van der Waals surface area contributed by atoms with E-state index in [1.165, 1.54) is 13.8 Å². The van der Waals surface area contributed by atoms with E-state index in [0.29, 0.717) is 22.1 Å². The van der Waals surface area contributed by atoms with Gasteiger partial charge in [-0.25, -0.2) is 49.3 Å². The third-order valence-corrected chi connectivity index (χ3v) is 17.0. The summed E-state index contributed by atoms with van der Waals surface area (Å²) in [6.45, 7) is -4.59. The molecule has 0 unspecified atom stereocenters. The van der Waals surface area contributed by atoms with Crippen molar-refractivity contribution in [3.63, 3.8) is 0 Å². The minimum absolute atomic E-state index is 0.0994. The van der Waals surface area contributed by atoms with Crippen molar-refractivity contribution >= 4 is 80.0 Å². The van der Waals surface area contributed by atoms with Gasteiger partial charge in [-0.1, -0.05) is 23.6 Å². The topological polar surface area (TPSA) is 303 Å². The Labute approximate surface area is 480 Å². The number of ether oxygens (including phenoxy) is 1. The average molecular weight is 1290 g/mol. The Bertz CT molecular complexity index is 3850. The molecular weight excluding hydrogens is 1250 g/mol. The number of aromatic nitrogens is 5. The number of fused-ring (bicyclic) bond motifs is 4. The van der Waals surface area contributed by atoms with E-state index in [1.807, 2.05) is 0 Å². The Kier molecular flexibility index (Phi) is 18.2. The molecule has 1 saturated carbocycles. The summed E-state index contributed by atoms with van der Waals surface area (Å²) in [5, 5.41) is 17.6. The lowest BCUT2D eigenvalue weighted by Crippen LogP contribution is -2.48. The number of anilines is 1. The van der Waals surface area contributed by atoms with E-state index in [9.17, 15) is 80.8 Å². The van der Waals surface area contributed by atoms with Crippen molar-refractivity contribution in [2.24, 2.45) is 5.92 Å². The smallest absolute Gasteiger partial charge is 0.472 e. The molecule has 7 rings (SSSR count). The summed E-state index contributed by atoms with van der Waals surface area (Å²) in [5.41, 5.74) is -6.63. The van der Waals surface area contributed by atoms with E-state index in [4.69, 9.17) is 21.4 Å². The molecule has 0 bridgehead atoms. The Hall–Kier alpha value is -7.09. The highest BCUT2D eigenvalue weighted by atomic mass is 35.5. The van der Waals surface area contributed by atoms with Crippen molar-refractivity contribution in [1.82, 2.24) is 39.7 Å². The summed E-state index contributed by atoms with van der Waals surface area (Å²) < 4.78 is 220. The highest BCUT2D eigenvalue weighted by Gasteiger charge is 2.68. The van der Waals surface area contributed by atoms with Crippen molar-refractivity contribution in [3.8, 4) is 23.0 Å². The lowest BCUT2D eigenvalue weighted by Gasteiger charge is -2.28. The van der Waals surface area contributed by atoms with E-state index in [1.54, 1.807) is 0 Å². The van der Waals surface area contributed by atoms with Crippen LogP contribution in [0.15, 0.2) is 42.5 Å². The summed E-state index contributed by atoms with van der Waals surface area (Å²) in [6.07, 6.45) is -12.6. The minimum Gasteiger partial charge on any atom is -0.481 e. The summed E-state index contributed by atoms with van der Waals surface area (Å²) in [7, 11) is -13.3. The van der Waals surface area contributed by atoms with Gasteiger partial charge in [-0.15, -0.1) is 0 Å². The number of amides is 4. The number of nitrogens with zero attached hydrogens (tertiary/aromatic N) is 8. The van der Waals surface area contributed by atoms with Gasteiger partial charge in [0.2, 0.25) is 22.7 Å². The van der Waals surface area contributed by atoms with E-state index >= 15 is 8.78 Å². The van der Waals surface area contributed by atoms with Crippen LogP contribution in [0.2, 0.25) is 5.02 Å². The number of aliphatic carboxylic acids is 1. The van der Waals surface area contributed by atoms with E-state index in [2.05, 4.69) is 41.6 Å². The van der Waals surface area contributed by atoms with Gasteiger partial charge >= 0.3 is 38.3 Å². The standard InChI is InChI=1S/C48H47ClF10N9O14PS2/c1-45(2,84(4,77)78)12-10-27-6-7-28(38(60-27)33(18-24-16-25(50)19-26(51)17-24)61-34(69)21-66-41-36(40(62-66)48(57,58)59)30-20-31(30)47(41,55)56)29-8-9-32(49)37-39(29)67(22-46(52,53)54)63-42(37)68(85(5,79)80)43(72)64(3)14-15-65(13-11-35(70)71)44(73)81-23-82-83(74,75)76/h6-9,16-17,19,30-31,33H,11,13-15,18,20-23H2,1-5H3,(H,61,69)(H,70,71)(H2,74,75,76)/t30-,31+,33-/m0/s1. The highest BCUT2D eigenvalue weighted by molar-refractivity contribution is 7.93. The number of phosphoric acid groups is 1. The number of hydrogen-bond acceptors (Lipinski definition) is 14. The number of carbonyl (C=O) groups excluding carboxylic acids is 3. The lowest BCUT2D eigenvalue weighted by molar-refractivity contribution is -0.143. The van der Waals surface area contributed by atoms with Gasteiger partial charge in [-0.2, -0.15) is 49.6 Å². The normalized spacial score (nSPS) is 16.2. The second kappa shape index (κ2) is 23.6. The van der Waals surface area contributed by atoms with E-state index in [0.717, 1.165) is 49.7 Å². The molecule has 85 heavy (non-hydrogen) atoms. The molecule has 3 atom stereocenters. The molecule has 0 spiro atoms. The number of likely N-dealkylation sites (N-methyl/N-ethyl adjacent to an activating group) is 1. The molecule has 2 aliphatic rings. The number of urea groups is 1. The van der Waals surface area contributed by atoms with Gasteiger partial charge in [-0.05, 0) is 74.4 Å². The van der Waals surface area contributed by atoms with Crippen molar-refractivity contribution in [3.05, 3.63) is 93.0 Å². The Morgan fingerprint density at radius 2 is 1.58 bits per heavy atom. The van der Waals surface area contributed by atoms with Crippen LogP contribution in [-0.4, -0.2) is 147 Å².